The van der Waals surface area contributed by atoms with Crippen molar-refractivity contribution in [3.63, 3.8) is 0 Å². The number of carboxylic acid groups (broad SMARTS) is 1. The summed E-state index contributed by atoms with van der Waals surface area (Å²) < 4.78 is 127. The molecule has 7 aromatic rings. The summed E-state index contributed by atoms with van der Waals surface area (Å²) in [5, 5.41) is 38.4. The molecule has 4 heterocycles. The minimum absolute atomic E-state index is 0.00718. The number of anilines is 1. The Balaban J connectivity index is 0.000000257. The highest BCUT2D eigenvalue weighted by Crippen LogP contribution is 2.32. The Morgan fingerprint density at radius 2 is 0.765 bits per heavy atom. The molecule has 0 unspecified atom stereocenters. The summed E-state index contributed by atoms with van der Waals surface area (Å²) in [5.74, 6) is -8.37. The van der Waals surface area contributed by atoms with Gasteiger partial charge in [0.2, 0.25) is 63.7 Å². The number of hydroxylamine groups is 1. The normalized spacial score (nSPS) is 16.5. The lowest BCUT2D eigenvalue weighted by molar-refractivity contribution is -0.485. The lowest BCUT2D eigenvalue weighted by atomic mass is 10.1. The average molecular weight is 2150 g/mol. The minimum Gasteiger partial charge on any atom is -0.480 e. The Morgan fingerprint density at radius 1 is 0.430 bits per heavy atom. The number of carbonyl (C=O) groups is 15. The first-order valence-corrected chi connectivity index (χ1v) is 52.5. The van der Waals surface area contributed by atoms with E-state index in [1.54, 1.807) is 166 Å². The molecule has 4 fully saturated rings. The summed E-state index contributed by atoms with van der Waals surface area (Å²) >= 11 is 0. The number of Topliss-reactive ketones (excluding diaryl/α,β-unsaturated/α-hetero) is 3. The summed E-state index contributed by atoms with van der Waals surface area (Å²) in [4.78, 5) is 191. The number of amides is 8. The van der Waals surface area contributed by atoms with E-state index >= 15 is 0 Å². The number of alkyl carbamates (subject to hydrolysis) is 1. The monoisotopic (exact) mass is 2150 g/mol. The molecule has 0 saturated carbocycles. The molecule has 4 saturated heterocycles. The molecule has 0 aromatic heterocycles. The molecular weight excluding hydrogens is 2030 g/mol. The molecule has 4 aliphatic heterocycles. The zero-order valence-corrected chi connectivity index (χ0v) is 85.8. The Bertz CT molecular complexity index is 6250. The molecule has 0 spiro atoms. The van der Waals surface area contributed by atoms with Crippen molar-refractivity contribution in [2.45, 2.75) is 191 Å². The number of nitrogens with two attached hydrogens (primary N) is 4. The highest BCUT2D eigenvalue weighted by atomic mass is 32.2. The average Bonchev–Trinajstić information content (AvgIpc) is 1.70. The number of amidine groups is 1. The van der Waals surface area contributed by atoms with Crippen LogP contribution in [0.5, 0.6) is 5.75 Å². The second-order valence-electron chi connectivity index (χ2n) is 34.5. The third kappa shape index (κ3) is 38.3. The van der Waals surface area contributed by atoms with Gasteiger partial charge in [0.25, 0.3) is 17.7 Å². The van der Waals surface area contributed by atoms with E-state index in [4.69, 9.17) is 42.7 Å². The van der Waals surface area contributed by atoms with Gasteiger partial charge in [0.05, 0.1) is 66.4 Å². The zero-order chi connectivity index (χ0) is 110. The maximum atomic E-state index is 13.1. The van der Waals surface area contributed by atoms with Gasteiger partial charge in [-0.3, -0.25) is 53.4 Å². The van der Waals surface area contributed by atoms with E-state index in [0.717, 1.165) is 20.0 Å². The first kappa shape index (κ1) is 121. The van der Waals surface area contributed by atoms with Gasteiger partial charge >= 0.3 is 30.0 Å². The van der Waals surface area contributed by atoms with Crippen LogP contribution < -0.4 is 70.5 Å². The predicted octanol–water partition coefficient (Wildman–Crippen LogP) is 2.27. The van der Waals surface area contributed by atoms with Gasteiger partial charge in [-0.25, -0.2) is 57.6 Å². The molecule has 808 valence electrons. The number of carbonyl (C=O) groups excluding carboxylic acids is 14. The number of esters is 3. The molecule has 11 rings (SSSR count). The summed E-state index contributed by atoms with van der Waals surface area (Å²) in [6, 6.07) is 44.1. The molecule has 0 aliphatic carbocycles. The van der Waals surface area contributed by atoms with Gasteiger partial charge in [0.15, 0.2) is 17.3 Å². The standard InChI is InChI=1S/C26H31N5O7S.C25H30N4O7S.C18H25N3O6S.C15H21N3O5S.C13H18N2O6/c27-23(28)15-17-6-4-7-18(14-17)24(33)29-16-19(32)11-12-21(26(35)36)30-25(34)22-10-5-13-31(22)39(37,38)20-8-2-1-3-9-20;1-36-25(33)21(13-12-19(30)16-27-23(31)17-7-5-8-18(26)15-17)28-24(32)22-11-6-14-29(22)37(34,35)20-9-3-2-4-10-20;1-27-18(24)15(10-9-13(22)12-19)20-17(23)16-8-5-11-21(16)28(25,26)14-6-3-2-4-7-14;1-23-15(20)12(10-16)17-14(19)13-8-5-9-18(13)24(21,22)11-6-3-2-4-7-11;1-13(2,3)18-12(17)14-9-11(16)15-20-21-19-10-7-5-4-6-8-10/h1-4,6-9,14,21-22H,5,10-13,15-16H2,(H3,27,28)(H,29,33)(H,30,34)(H,35,36);2-5,7-10,15,21-22H,6,11-14,16,26H2,1H3,(H,27,31)(H,28,32);2-4,6-7,15-16H,5,8-12,19H2,1H3,(H,20,23);2-4,6-7,12-13H,5,8-10,16H2,1H3,(H,17,19);4-8H,9H2,1-3H3,(H,14,17)(H,15,16)/t2*21-,22-;15-,16-;12-,13-;/m0000./s1. The number of nitrogens with one attached hydrogen (secondary N) is 9. The lowest BCUT2D eigenvalue weighted by Crippen LogP contribution is -2.53. The summed E-state index contributed by atoms with van der Waals surface area (Å²) in [6.45, 7) is 4.66. The van der Waals surface area contributed by atoms with Gasteiger partial charge in [-0.2, -0.15) is 22.7 Å². The molecule has 0 radical (unpaired) electrons. The number of ether oxygens (including phenoxy) is 4. The number of hydrogen-bond donors (Lipinski definition) is 14. The third-order valence-electron chi connectivity index (χ3n) is 22.5. The molecule has 18 N–H and O–H groups in total. The van der Waals surface area contributed by atoms with Crippen molar-refractivity contribution >= 4 is 140 Å². The van der Waals surface area contributed by atoms with Gasteiger partial charge in [-0.1, -0.05) is 114 Å². The Morgan fingerprint density at radius 3 is 1.11 bits per heavy atom. The topological polar surface area (TPSA) is 715 Å². The smallest absolute Gasteiger partial charge is 0.408 e. The van der Waals surface area contributed by atoms with Crippen LogP contribution in [-0.4, -0.2) is 285 Å². The molecule has 4 aliphatic rings. The van der Waals surface area contributed by atoms with Crippen LogP contribution in [0.3, 0.4) is 0 Å². The molecule has 0 bridgehead atoms. The fourth-order valence-electron chi connectivity index (χ4n) is 15.1. The Hall–Kier alpha value is -14.5. The van der Waals surface area contributed by atoms with Gasteiger partial charge in [0.1, 0.15) is 66.3 Å². The predicted molar refractivity (Wildman–Crippen MR) is 535 cm³/mol. The van der Waals surface area contributed by atoms with E-state index in [-0.39, 0.29) is 153 Å². The number of nitrogens with zero attached hydrogens (tertiary/aromatic N) is 4. The number of sulfonamides is 4. The van der Waals surface area contributed by atoms with E-state index in [0.29, 0.717) is 67.5 Å². The maximum absolute atomic E-state index is 13.1. The molecule has 7 aromatic carbocycles. The SMILES string of the molecule is CC(C)(C)OC(=O)NCC(=O)NOOOc1ccccc1.COC(=O)[C@H](CCC(=O)CN)NC(=O)[C@@H]1CCCN1S(=O)(=O)c1ccccc1.COC(=O)[C@H](CCC(=O)CNC(=O)c1cccc(N)c1)NC(=O)[C@@H]1CCCN1S(=O)(=O)c1ccccc1.COC(=O)[C@H](CN)NC(=O)[C@@H]1CCCN1S(=O)(=O)c1ccccc1.N=C(N)Cc1cccc(C(=O)NCC(=O)CC[C@H](NC(=O)[C@@H]2CCCN2S(=O)(=O)c2ccccc2)C(=O)O)c1. The number of methoxy groups -OCH3 is 3. The molecular formula is C97H125N17O31S4. The van der Waals surface area contributed by atoms with Crippen molar-refractivity contribution in [1.82, 2.24) is 59.9 Å². The first-order valence-electron chi connectivity index (χ1n) is 46.8. The van der Waals surface area contributed by atoms with Crippen LogP contribution in [-0.2, 0) is 133 Å². The largest absolute Gasteiger partial charge is 0.480 e. The lowest BCUT2D eigenvalue weighted by Gasteiger charge is -2.25. The zero-order valence-electron chi connectivity index (χ0n) is 82.6. The van der Waals surface area contributed by atoms with E-state index in [9.17, 15) is 111 Å². The number of nitrogen functional groups attached to an aromatic ring is 1. The third-order valence-corrected chi connectivity index (χ3v) is 30.2. The molecule has 8 amide bonds. The number of benzene rings is 7. The number of rotatable bonds is 45. The van der Waals surface area contributed by atoms with Crippen LogP contribution in [0.4, 0.5) is 10.5 Å². The fourth-order valence-corrected chi connectivity index (χ4v) is 21.8. The first-order chi connectivity index (χ1) is 70.7. The second-order valence-corrected chi connectivity index (χ2v) is 42.1. The van der Waals surface area contributed by atoms with Gasteiger partial charge in [0, 0.05) is 80.3 Å². The fraction of sp³-hybridized carbons (Fsp3) is 0.402. The highest BCUT2D eigenvalue weighted by Gasteiger charge is 2.46. The number of ketones is 3. The molecule has 52 heteroatoms. The number of para-hydroxylation sites is 1. The molecule has 149 heavy (non-hydrogen) atoms. The summed E-state index contributed by atoms with van der Waals surface area (Å²) in [5.41, 5.74) is 24.7. The second kappa shape index (κ2) is 59.5. The minimum atomic E-state index is -3.95. The molecule has 8 atom stereocenters. The summed E-state index contributed by atoms with van der Waals surface area (Å²) in [7, 11) is -12.0. The van der Waals surface area contributed by atoms with Crippen LogP contribution in [0.2, 0.25) is 0 Å². The quantitative estimate of drug-likeness (QED) is 0.00380. The number of carboxylic acids is 1. The van der Waals surface area contributed by atoms with Crippen molar-refractivity contribution in [3.05, 3.63) is 217 Å². The van der Waals surface area contributed by atoms with Crippen LogP contribution >= 0.6 is 0 Å². The van der Waals surface area contributed by atoms with Crippen LogP contribution in [0, 0.1) is 5.41 Å². The Kier molecular flexibility index (Phi) is 48.5. The van der Waals surface area contributed by atoms with Crippen LogP contribution in [0.25, 0.3) is 0 Å². The number of aliphatic carboxylic acids is 1. The maximum Gasteiger partial charge on any atom is 0.408 e. The van der Waals surface area contributed by atoms with Crippen molar-refractivity contribution in [1.29, 1.82) is 5.41 Å². The molecule has 48 nitrogen and oxygen atoms in total. The van der Waals surface area contributed by atoms with E-state index < -0.39 is 171 Å². The summed E-state index contributed by atoms with van der Waals surface area (Å²) in [6.07, 6.45) is 2.11. The van der Waals surface area contributed by atoms with Crippen molar-refractivity contribution < 1.29 is 145 Å². The van der Waals surface area contributed by atoms with Crippen LogP contribution in [0.1, 0.15) is 137 Å². The van der Waals surface area contributed by atoms with Crippen molar-refractivity contribution in [2.24, 2.45) is 17.2 Å². The Labute approximate surface area is 861 Å². The van der Waals surface area contributed by atoms with Gasteiger partial charge in [-0.15, -0.1) is 0 Å². The number of hydrogen-bond acceptors (Lipinski definition) is 34. The van der Waals surface area contributed by atoms with Gasteiger partial charge < -0.3 is 89.1 Å². The highest BCUT2D eigenvalue weighted by molar-refractivity contribution is 7.90. The van der Waals surface area contributed by atoms with E-state index in [2.05, 4.69) is 56.7 Å². The van der Waals surface area contributed by atoms with E-state index in [1.165, 1.54) is 73.1 Å². The van der Waals surface area contributed by atoms with E-state index in [1.807, 2.05) is 5.48 Å². The van der Waals surface area contributed by atoms with Gasteiger partial charge in [-0.05, 0) is 188 Å². The van der Waals surface area contributed by atoms with Crippen molar-refractivity contribution in [3.8, 4) is 5.75 Å². The van der Waals surface area contributed by atoms with Crippen molar-refractivity contribution in [2.75, 3.05) is 86.0 Å². The van der Waals surface area contributed by atoms with Crippen LogP contribution in [0.15, 0.2) is 220 Å².